The monoisotopic (exact) mass is 441 g/mol. The smallest absolute Gasteiger partial charge is 0.271 e. The number of carbonyl (C=O) groups excluding carboxylic acids is 2. The van der Waals surface area contributed by atoms with E-state index in [1.165, 1.54) is 6.08 Å². The fraction of sp³-hybridized carbons (Fsp3) is 0.148. The minimum atomic E-state index is -0.300. The molecule has 0 aliphatic rings. The van der Waals surface area contributed by atoms with Crippen molar-refractivity contribution in [1.29, 1.82) is 0 Å². The minimum absolute atomic E-state index is 0.213. The van der Waals surface area contributed by atoms with Gasteiger partial charge in [0, 0.05) is 17.3 Å². The summed E-state index contributed by atoms with van der Waals surface area (Å²) in [5.74, 6) is 0.219. The molecule has 33 heavy (non-hydrogen) atoms. The summed E-state index contributed by atoms with van der Waals surface area (Å²) in [6.07, 6.45) is 4.18. The third-order valence-electron chi connectivity index (χ3n) is 4.71. The van der Waals surface area contributed by atoms with Crippen molar-refractivity contribution < 1.29 is 14.3 Å². The Morgan fingerprint density at radius 2 is 1.58 bits per heavy atom. The lowest BCUT2D eigenvalue weighted by Gasteiger charge is -2.07. The molecule has 0 saturated carbocycles. The van der Waals surface area contributed by atoms with E-state index < -0.39 is 0 Å². The third kappa shape index (κ3) is 7.47. The van der Waals surface area contributed by atoms with Crippen LogP contribution in [0, 0.1) is 0 Å². The van der Waals surface area contributed by atoms with E-state index >= 15 is 0 Å². The maximum absolute atomic E-state index is 12.3. The normalized spacial score (nSPS) is 11.3. The van der Waals surface area contributed by atoms with Gasteiger partial charge in [0.25, 0.3) is 5.91 Å². The predicted octanol–water partition coefficient (Wildman–Crippen LogP) is 5.28. The van der Waals surface area contributed by atoms with Crippen molar-refractivity contribution in [3.05, 3.63) is 102 Å². The highest BCUT2D eigenvalue weighted by Gasteiger charge is 2.06. The van der Waals surface area contributed by atoms with E-state index in [9.17, 15) is 9.59 Å². The van der Waals surface area contributed by atoms with Gasteiger partial charge in [0.15, 0.2) is 0 Å². The molecule has 0 unspecified atom stereocenters. The topological polar surface area (TPSA) is 79.8 Å². The summed E-state index contributed by atoms with van der Waals surface area (Å²) in [7, 11) is 0. The molecule has 0 spiro atoms. The first-order valence-corrected chi connectivity index (χ1v) is 10.8. The Bertz CT molecular complexity index is 1120. The zero-order chi connectivity index (χ0) is 23.5. The molecule has 0 radical (unpaired) electrons. The molecule has 3 rings (SSSR count). The molecule has 2 N–H and O–H groups in total. The van der Waals surface area contributed by atoms with E-state index in [4.69, 9.17) is 4.74 Å². The third-order valence-corrected chi connectivity index (χ3v) is 4.71. The van der Waals surface area contributed by atoms with E-state index in [1.807, 2.05) is 49.4 Å². The molecule has 3 aromatic rings. The van der Waals surface area contributed by atoms with Gasteiger partial charge in [0.1, 0.15) is 5.75 Å². The van der Waals surface area contributed by atoms with Crippen LogP contribution in [0.15, 0.2) is 90.0 Å². The SMILES string of the molecule is CCCOc1ccc(C(=O)NN=C(C)c2ccc(NC(=O)C=Cc3ccccc3)cc2)cc1. The Morgan fingerprint density at radius 1 is 0.909 bits per heavy atom. The summed E-state index contributed by atoms with van der Waals surface area (Å²) in [6.45, 7) is 4.48. The van der Waals surface area contributed by atoms with Crippen LogP contribution in [0.25, 0.3) is 6.08 Å². The summed E-state index contributed by atoms with van der Waals surface area (Å²) in [5.41, 5.74) is 6.17. The van der Waals surface area contributed by atoms with Gasteiger partial charge in [0.2, 0.25) is 5.91 Å². The largest absolute Gasteiger partial charge is 0.494 e. The second kappa shape index (κ2) is 12.0. The fourth-order valence-corrected chi connectivity index (χ4v) is 2.90. The molecule has 6 heteroatoms. The highest BCUT2D eigenvalue weighted by Crippen LogP contribution is 2.13. The lowest BCUT2D eigenvalue weighted by atomic mass is 10.1. The lowest BCUT2D eigenvalue weighted by molar-refractivity contribution is -0.111. The van der Waals surface area contributed by atoms with Crippen molar-refractivity contribution in [2.75, 3.05) is 11.9 Å². The number of ether oxygens (including phenoxy) is 1. The van der Waals surface area contributed by atoms with Crippen LogP contribution in [0.1, 0.15) is 41.8 Å². The van der Waals surface area contributed by atoms with Crippen LogP contribution in [0.2, 0.25) is 0 Å². The molecule has 0 aliphatic heterocycles. The van der Waals surface area contributed by atoms with Gasteiger partial charge in [-0.05, 0) is 66.9 Å². The molecule has 6 nitrogen and oxygen atoms in total. The average Bonchev–Trinajstić information content (AvgIpc) is 2.86. The summed E-state index contributed by atoms with van der Waals surface area (Å²) >= 11 is 0. The van der Waals surface area contributed by atoms with Crippen LogP contribution in [0.5, 0.6) is 5.75 Å². The molecule has 3 aromatic carbocycles. The number of rotatable bonds is 9. The standard InChI is InChI=1S/C27H27N3O3/c1-3-19-33-25-16-12-23(13-17-25)27(32)30-29-20(2)22-10-14-24(15-11-22)28-26(31)18-9-21-7-5-4-6-8-21/h4-18H,3,19H2,1-2H3,(H,28,31)(H,30,32). The van der Waals surface area contributed by atoms with Crippen molar-refractivity contribution in [2.45, 2.75) is 20.3 Å². The number of anilines is 1. The van der Waals surface area contributed by atoms with Gasteiger partial charge >= 0.3 is 0 Å². The number of benzene rings is 3. The molecule has 2 amide bonds. The zero-order valence-electron chi connectivity index (χ0n) is 18.7. The summed E-state index contributed by atoms with van der Waals surface area (Å²) in [6, 6.07) is 23.8. The van der Waals surface area contributed by atoms with E-state index in [1.54, 1.807) is 49.4 Å². The van der Waals surface area contributed by atoms with Gasteiger partial charge in [0.05, 0.1) is 12.3 Å². The van der Waals surface area contributed by atoms with Crippen LogP contribution < -0.4 is 15.5 Å². The number of hydrogen-bond acceptors (Lipinski definition) is 4. The minimum Gasteiger partial charge on any atom is -0.494 e. The van der Waals surface area contributed by atoms with E-state index in [2.05, 4.69) is 15.8 Å². The Morgan fingerprint density at radius 3 is 2.24 bits per heavy atom. The van der Waals surface area contributed by atoms with Crippen LogP contribution in [-0.4, -0.2) is 24.1 Å². The van der Waals surface area contributed by atoms with Crippen LogP contribution in [0.4, 0.5) is 5.69 Å². The van der Waals surface area contributed by atoms with Crippen molar-refractivity contribution in [3.8, 4) is 5.75 Å². The second-order valence-corrected chi connectivity index (χ2v) is 7.32. The highest BCUT2D eigenvalue weighted by molar-refractivity contribution is 6.03. The highest BCUT2D eigenvalue weighted by atomic mass is 16.5. The number of carbonyl (C=O) groups is 2. The quantitative estimate of drug-likeness (QED) is 0.269. The van der Waals surface area contributed by atoms with Gasteiger partial charge in [-0.15, -0.1) is 0 Å². The van der Waals surface area contributed by atoms with Crippen molar-refractivity contribution in [2.24, 2.45) is 5.10 Å². The first kappa shape index (κ1) is 23.5. The molecular weight excluding hydrogens is 414 g/mol. The number of hydrogen-bond donors (Lipinski definition) is 2. The number of nitrogens with zero attached hydrogens (tertiary/aromatic N) is 1. The molecule has 0 atom stereocenters. The van der Waals surface area contributed by atoms with Gasteiger partial charge in [-0.25, -0.2) is 5.43 Å². The first-order chi connectivity index (χ1) is 16.0. The van der Waals surface area contributed by atoms with E-state index in [0.717, 1.165) is 23.3 Å². The van der Waals surface area contributed by atoms with Crippen molar-refractivity contribution in [3.63, 3.8) is 0 Å². The maximum Gasteiger partial charge on any atom is 0.271 e. The molecule has 0 fully saturated rings. The van der Waals surface area contributed by atoms with E-state index in [-0.39, 0.29) is 11.8 Å². The molecule has 168 valence electrons. The lowest BCUT2D eigenvalue weighted by Crippen LogP contribution is -2.19. The summed E-state index contributed by atoms with van der Waals surface area (Å²) in [5, 5.41) is 7.01. The van der Waals surface area contributed by atoms with E-state index in [0.29, 0.717) is 23.6 Å². The number of amides is 2. The van der Waals surface area contributed by atoms with Crippen LogP contribution >= 0.6 is 0 Å². The second-order valence-electron chi connectivity index (χ2n) is 7.32. The Balaban J connectivity index is 1.53. The van der Waals surface area contributed by atoms with Gasteiger partial charge < -0.3 is 10.1 Å². The Labute approximate surface area is 194 Å². The summed E-state index contributed by atoms with van der Waals surface area (Å²) < 4.78 is 5.52. The summed E-state index contributed by atoms with van der Waals surface area (Å²) in [4.78, 5) is 24.4. The van der Waals surface area contributed by atoms with Crippen LogP contribution in [-0.2, 0) is 4.79 Å². The van der Waals surface area contributed by atoms with Crippen molar-refractivity contribution >= 4 is 29.3 Å². The molecule has 0 aliphatic carbocycles. The number of hydrazone groups is 1. The number of nitrogens with one attached hydrogen (secondary N) is 2. The molecule has 0 saturated heterocycles. The molecular formula is C27H27N3O3. The predicted molar refractivity (Wildman–Crippen MR) is 132 cm³/mol. The average molecular weight is 442 g/mol. The molecule has 0 heterocycles. The first-order valence-electron chi connectivity index (χ1n) is 10.8. The fourth-order valence-electron chi connectivity index (χ4n) is 2.90. The van der Waals surface area contributed by atoms with Gasteiger partial charge in [-0.2, -0.15) is 5.10 Å². The molecule has 0 aromatic heterocycles. The van der Waals surface area contributed by atoms with Gasteiger partial charge in [-0.3, -0.25) is 9.59 Å². The zero-order valence-corrected chi connectivity index (χ0v) is 18.7. The molecule has 0 bridgehead atoms. The van der Waals surface area contributed by atoms with Crippen LogP contribution in [0.3, 0.4) is 0 Å². The maximum atomic E-state index is 12.3. The van der Waals surface area contributed by atoms with Gasteiger partial charge in [-0.1, -0.05) is 49.4 Å². The van der Waals surface area contributed by atoms with Crippen molar-refractivity contribution in [1.82, 2.24) is 5.43 Å². The Kier molecular flexibility index (Phi) is 8.54. The Hall–Kier alpha value is -4.19.